The van der Waals surface area contributed by atoms with Gasteiger partial charge in [0, 0.05) is 19.3 Å². The predicted molar refractivity (Wildman–Crippen MR) is 325 cm³/mol. The molecule has 0 aromatic carbocycles. The molecule has 432 valence electrons. The van der Waals surface area contributed by atoms with Crippen molar-refractivity contribution < 1.29 is 28.6 Å². The zero-order valence-electron chi connectivity index (χ0n) is 49.6. The smallest absolute Gasteiger partial charge is 0.306 e. The lowest BCUT2D eigenvalue weighted by atomic mass is 10.1. The second-order valence-corrected chi connectivity index (χ2v) is 21.3. The van der Waals surface area contributed by atoms with Crippen LogP contribution in [0.1, 0.15) is 316 Å². The fourth-order valence-corrected chi connectivity index (χ4v) is 9.09. The second-order valence-electron chi connectivity index (χ2n) is 21.3. The Bertz CT molecular complexity index is 1430. The van der Waals surface area contributed by atoms with Crippen LogP contribution in [0.2, 0.25) is 0 Å². The van der Waals surface area contributed by atoms with Crippen LogP contribution in [0, 0.1) is 0 Å². The average molecular weight is 1050 g/mol. The second kappa shape index (κ2) is 63.1. The first-order valence-electron chi connectivity index (χ1n) is 32.1. The van der Waals surface area contributed by atoms with Gasteiger partial charge in [0.1, 0.15) is 13.2 Å². The number of hydrogen-bond acceptors (Lipinski definition) is 6. The van der Waals surface area contributed by atoms with Gasteiger partial charge < -0.3 is 14.2 Å². The molecule has 0 aromatic heterocycles. The molecule has 0 aliphatic carbocycles. The van der Waals surface area contributed by atoms with Crippen molar-refractivity contribution in [2.45, 2.75) is 322 Å². The van der Waals surface area contributed by atoms with Crippen LogP contribution in [0.4, 0.5) is 0 Å². The molecule has 0 aliphatic rings. The van der Waals surface area contributed by atoms with E-state index >= 15 is 0 Å². The molecule has 0 saturated heterocycles. The van der Waals surface area contributed by atoms with Gasteiger partial charge in [-0.05, 0) is 96.3 Å². The molecule has 0 radical (unpaired) electrons. The number of hydrogen-bond donors (Lipinski definition) is 0. The summed E-state index contributed by atoms with van der Waals surface area (Å²) in [5.74, 6) is -0.874. The van der Waals surface area contributed by atoms with Crippen molar-refractivity contribution in [1.29, 1.82) is 0 Å². The van der Waals surface area contributed by atoms with E-state index in [2.05, 4.69) is 106 Å². The summed E-state index contributed by atoms with van der Waals surface area (Å²) in [5, 5.41) is 0. The normalized spacial score (nSPS) is 12.6. The zero-order chi connectivity index (χ0) is 54.3. The molecule has 0 heterocycles. The third-order valence-electron chi connectivity index (χ3n) is 13.9. The Labute approximate surface area is 465 Å². The van der Waals surface area contributed by atoms with E-state index in [-0.39, 0.29) is 31.1 Å². The van der Waals surface area contributed by atoms with Crippen molar-refractivity contribution in [2.24, 2.45) is 0 Å². The van der Waals surface area contributed by atoms with Gasteiger partial charge in [-0.3, -0.25) is 14.4 Å². The highest BCUT2D eigenvalue weighted by Crippen LogP contribution is 2.16. The summed E-state index contributed by atoms with van der Waals surface area (Å²) >= 11 is 0. The van der Waals surface area contributed by atoms with Crippen molar-refractivity contribution in [2.75, 3.05) is 13.2 Å². The highest BCUT2D eigenvalue weighted by molar-refractivity contribution is 5.71. The molecule has 0 spiro atoms. The first-order chi connectivity index (χ1) is 37.0. The van der Waals surface area contributed by atoms with Crippen LogP contribution < -0.4 is 0 Å². The largest absolute Gasteiger partial charge is 0.462 e. The van der Waals surface area contributed by atoms with E-state index in [0.29, 0.717) is 19.3 Å². The quantitative estimate of drug-likeness (QED) is 0.0261. The highest BCUT2D eigenvalue weighted by Gasteiger charge is 2.19. The van der Waals surface area contributed by atoms with E-state index in [9.17, 15) is 14.4 Å². The molecule has 0 saturated carbocycles. The van der Waals surface area contributed by atoms with Crippen molar-refractivity contribution in [3.8, 4) is 0 Å². The number of carbonyl (C=O) groups excluding carboxylic acids is 3. The maximum Gasteiger partial charge on any atom is 0.306 e. The Morgan fingerprint density at radius 2 is 0.520 bits per heavy atom. The lowest BCUT2D eigenvalue weighted by Gasteiger charge is -2.18. The summed E-state index contributed by atoms with van der Waals surface area (Å²) < 4.78 is 16.9. The zero-order valence-corrected chi connectivity index (χ0v) is 49.6. The van der Waals surface area contributed by atoms with Crippen LogP contribution in [-0.4, -0.2) is 37.2 Å². The SMILES string of the molecule is CC/C=C\C/C=C\C/C=C\C/C=C\C/C=C\C/C=C\CCCCCCCCCCCCC(=O)OCC(COC(=O)CCCCCCCCCCCC)OC(=O)CCCCCCCCC/C=C\CCCCCCCCC. The summed E-state index contributed by atoms with van der Waals surface area (Å²) in [4.78, 5) is 38.2. The first-order valence-corrected chi connectivity index (χ1v) is 32.1. The number of allylic oxidation sites excluding steroid dienone is 14. The Kier molecular flexibility index (Phi) is 60.3. The van der Waals surface area contributed by atoms with Crippen LogP contribution in [0.25, 0.3) is 0 Å². The van der Waals surface area contributed by atoms with Crippen LogP contribution in [0.15, 0.2) is 85.1 Å². The van der Waals surface area contributed by atoms with Crippen LogP contribution in [-0.2, 0) is 28.6 Å². The number of carbonyl (C=O) groups is 3. The Balaban J connectivity index is 4.22. The van der Waals surface area contributed by atoms with Gasteiger partial charge in [0.15, 0.2) is 6.10 Å². The minimum atomic E-state index is -0.778. The monoisotopic (exact) mass is 1040 g/mol. The molecule has 0 rings (SSSR count). The molecule has 6 nitrogen and oxygen atoms in total. The standard InChI is InChI=1S/C69H120O6/c1-4-7-10-13-16-19-22-24-26-28-30-31-32-33-34-35-36-37-38-39-40-42-43-45-47-50-53-56-59-62-68(71)74-65-66(64-73-67(70)61-58-55-52-49-21-18-15-12-9-6-3)75-69(72)63-60-57-54-51-48-46-44-41-29-27-25-23-20-17-14-11-8-5-2/h7,10,16,19,24,26-27,29-31,33-34,36-37,66H,4-6,8-9,11-15,17-18,20-23,25,28,32,35,38-65H2,1-3H3/b10-7-,19-16-,26-24-,29-27-,31-30-,34-33-,37-36-. The average Bonchev–Trinajstić information content (AvgIpc) is 3.41. The molecule has 1 atom stereocenters. The molecule has 0 bridgehead atoms. The third-order valence-corrected chi connectivity index (χ3v) is 13.9. The van der Waals surface area contributed by atoms with Gasteiger partial charge in [0.05, 0.1) is 0 Å². The van der Waals surface area contributed by atoms with Crippen molar-refractivity contribution in [3.05, 3.63) is 85.1 Å². The van der Waals surface area contributed by atoms with Gasteiger partial charge in [-0.25, -0.2) is 0 Å². The van der Waals surface area contributed by atoms with Gasteiger partial charge in [-0.1, -0.05) is 286 Å². The van der Waals surface area contributed by atoms with E-state index in [1.54, 1.807) is 0 Å². The van der Waals surface area contributed by atoms with Crippen LogP contribution >= 0.6 is 0 Å². The molecular weight excluding hydrogens is 925 g/mol. The minimum absolute atomic E-state index is 0.0760. The minimum Gasteiger partial charge on any atom is -0.462 e. The first kappa shape index (κ1) is 71.6. The van der Waals surface area contributed by atoms with E-state index in [1.165, 1.54) is 180 Å². The van der Waals surface area contributed by atoms with Crippen LogP contribution in [0.5, 0.6) is 0 Å². The number of esters is 3. The third kappa shape index (κ3) is 61.3. The Hall–Kier alpha value is -3.41. The lowest BCUT2D eigenvalue weighted by molar-refractivity contribution is -0.167. The molecular formula is C69H120O6. The van der Waals surface area contributed by atoms with Gasteiger partial charge in [0.2, 0.25) is 0 Å². The molecule has 75 heavy (non-hydrogen) atoms. The van der Waals surface area contributed by atoms with E-state index in [0.717, 1.165) is 96.3 Å². The van der Waals surface area contributed by atoms with E-state index in [1.807, 2.05) is 0 Å². The Morgan fingerprint density at radius 3 is 0.827 bits per heavy atom. The summed E-state index contributed by atoms with van der Waals surface area (Å²) in [6.07, 6.45) is 83.1. The molecule has 1 unspecified atom stereocenters. The van der Waals surface area contributed by atoms with Crippen molar-refractivity contribution >= 4 is 17.9 Å². The van der Waals surface area contributed by atoms with Crippen molar-refractivity contribution in [1.82, 2.24) is 0 Å². The summed E-state index contributed by atoms with van der Waals surface area (Å²) in [7, 11) is 0. The lowest BCUT2D eigenvalue weighted by Crippen LogP contribution is -2.30. The molecule has 0 aromatic rings. The summed E-state index contributed by atoms with van der Waals surface area (Å²) in [6, 6.07) is 0. The van der Waals surface area contributed by atoms with Gasteiger partial charge in [-0.15, -0.1) is 0 Å². The van der Waals surface area contributed by atoms with Gasteiger partial charge in [0.25, 0.3) is 0 Å². The van der Waals surface area contributed by atoms with Gasteiger partial charge in [-0.2, -0.15) is 0 Å². The Morgan fingerprint density at radius 1 is 0.280 bits per heavy atom. The fraction of sp³-hybridized carbons (Fsp3) is 0.754. The van der Waals surface area contributed by atoms with Crippen LogP contribution in [0.3, 0.4) is 0 Å². The topological polar surface area (TPSA) is 78.9 Å². The predicted octanol–water partition coefficient (Wildman–Crippen LogP) is 21.9. The molecule has 0 aliphatic heterocycles. The molecule has 0 N–H and O–H groups in total. The molecule has 0 fully saturated rings. The number of unbranched alkanes of at least 4 members (excludes halogenated alkanes) is 33. The fourth-order valence-electron chi connectivity index (χ4n) is 9.09. The van der Waals surface area contributed by atoms with Gasteiger partial charge >= 0.3 is 17.9 Å². The van der Waals surface area contributed by atoms with E-state index < -0.39 is 6.10 Å². The summed E-state index contributed by atoms with van der Waals surface area (Å²) in [5.41, 5.74) is 0. The number of rotatable bonds is 58. The molecule has 0 amide bonds. The summed E-state index contributed by atoms with van der Waals surface area (Å²) in [6.45, 7) is 6.53. The maximum atomic E-state index is 12.9. The molecule has 6 heteroatoms. The number of ether oxygens (including phenoxy) is 3. The highest BCUT2D eigenvalue weighted by atomic mass is 16.6. The van der Waals surface area contributed by atoms with E-state index in [4.69, 9.17) is 14.2 Å². The maximum absolute atomic E-state index is 12.9. The van der Waals surface area contributed by atoms with Crippen molar-refractivity contribution in [3.63, 3.8) is 0 Å².